The van der Waals surface area contributed by atoms with Gasteiger partial charge in [-0.1, -0.05) is 0 Å². The second-order valence-electron chi connectivity index (χ2n) is 6.29. The number of carbonyl (C=O) groups excluding carboxylic acids is 1. The molecule has 1 saturated heterocycles. The van der Waals surface area contributed by atoms with E-state index in [1.165, 1.54) is 16.9 Å². The van der Waals surface area contributed by atoms with Crippen molar-refractivity contribution >= 4 is 5.91 Å². The molecule has 2 N–H and O–H groups in total. The standard InChI is InChI=1S/C14H16F2N6O2/c15-14(16)7-10(14)22-6-3-9(20-22)12(23)21-4-1-8(2-5-21)11-17-13(24)19-18-11/h3,6,8,10H,1-2,4-5,7H2,(H2,17,18,19,24). The Morgan fingerprint density at radius 3 is 2.62 bits per heavy atom. The molecule has 0 bridgehead atoms. The molecule has 2 aromatic rings. The van der Waals surface area contributed by atoms with E-state index in [0.717, 1.165) is 0 Å². The Hall–Kier alpha value is -2.52. The van der Waals surface area contributed by atoms with Crippen molar-refractivity contribution in [2.24, 2.45) is 0 Å². The van der Waals surface area contributed by atoms with E-state index in [2.05, 4.69) is 20.3 Å². The number of halogens is 2. The molecule has 1 atom stereocenters. The van der Waals surface area contributed by atoms with Gasteiger partial charge in [0.1, 0.15) is 17.6 Å². The molecule has 4 rings (SSSR count). The van der Waals surface area contributed by atoms with Crippen LogP contribution in [0.4, 0.5) is 8.78 Å². The number of nitrogens with one attached hydrogen (secondary N) is 2. The van der Waals surface area contributed by atoms with Gasteiger partial charge in [0.15, 0.2) is 0 Å². The van der Waals surface area contributed by atoms with Gasteiger partial charge in [-0.3, -0.25) is 14.5 Å². The number of hydrogen-bond acceptors (Lipinski definition) is 4. The molecule has 3 heterocycles. The van der Waals surface area contributed by atoms with E-state index in [-0.39, 0.29) is 29.6 Å². The summed E-state index contributed by atoms with van der Waals surface area (Å²) < 4.78 is 27.3. The van der Waals surface area contributed by atoms with Gasteiger partial charge < -0.3 is 4.90 Å². The van der Waals surface area contributed by atoms with Crippen molar-refractivity contribution in [3.05, 3.63) is 34.3 Å². The molecule has 2 aromatic heterocycles. The lowest BCUT2D eigenvalue weighted by atomic mass is 9.96. The lowest BCUT2D eigenvalue weighted by molar-refractivity contribution is 0.0700. The fourth-order valence-electron chi connectivity index (χ4n) is 3.11. The Bertz CT molecular complexity index is 817. The second kappa shape index (κ2) is 5.25. The highest BCUT2D eigenvalue weighted by Gasteiger charge is 2.59. The molecule has 24 heavy (non-hydrogen) atoms. The monoisotopic (exact) mass is 338 g/mol. The number of nitrogens with zero attached hydrogens (tertiary/aromatic N) is 4. The third-order valence-corrected chi connectivity index (χ3v) is 4.63. The van der Waals surface area contributed by atoms with Gasteiger partial charge in [0.2, 0.25) is 0 Å². The van der Waals surface area contributed by atoms with E-state index in [4.69, 9.17) is 0 Å². The normalized spacial score (nSPS) is 23.4. The number of amides is 1. The first-order chi connectivity index (χ1) is 11.4. The van der Waals surface area contributed by atoms with Crippen LogP contribution in [0, 0.1) is 0 Å². The number of rotatable bonds is 3. The third-order valence-electron chi connectivity index (χ3n) is 4.63. The minimum atomic E-state index is -2.72. The molecule has 8 nitrogen and oxygen atoms in total. The molecule has 1 unspecified atom stereocenters. The molecule has 0 spiro atoms. The zero-order chi connectivity index (χ0) is 16.9. The number of aromatic nitrogens is 5. The zero-order valence-corrected chi connectivity index (χ0v) is 12.7. The number of aromatic amines is 2. The summed E-state index contributed by atoms with van der Waals surface area (Å²) in [6, 6.07) is 0.551. The van der Waals surface area contributed by atoms with E-state index in [9.17, 15) is 18.4 Å². The average Bonchev–Trinajstić information content (AvgIpc) is 2.98. The van der Waals surface area contributed by atoms with E-state index in [1.54, 1.807) is 4.90 Å². The van der Waals surface area contributed by atoms with Gasteiger partial charge in [0, 0.05) is 31.6 Å². The van der Waals surface area contributed by atoms with Crippen molar-refractivity contribution in [3.63, 3.8) is 0 Å². The highest BCUT2D eigenvalue weighted by molar-refractivity contribution is 5.92. The number of carbonyl (C=O) groups is 1. The van der Waals surface area contributed by atoms with Gasteiger partial charge >= 0.3 is 5.69 Å². The second-order valence-corrected chi connectivity index (χ2v) is 6.29. The van der Waals surface area contributed by atoms with Crippen molar-refractivity contribution in [1.29, 1.82) is 0 Å². The molecule has 1 aliphatic heterocycles. The topological polar surface area (TPSA) is 99.7 Å². The van der Waals surface area contributed by atoms with Crippen molar-refractivity contribution in [2.75, 3.05) is 13.1 Å². The van der Waals surface area contributed by atoms with Crippen molar-refractivity contribution in [3.8, 4) is 0 Å². The van der Waals surface area contributed by atoms with Crippen LogP contribution in [0.2, 0.25) is 0 Å². The maximum atomic E-state index is 13.1. The molecule has 1 aliphatic carbocycles. The number of H-pyrrole nitrogens is 2. The predicted molar refractivity (Wildman–Crippen MR) is 77.9 cm³/mol. The highest BCUT2D eigenvalue weighted by atomic mass is 19.3. The number of piperidine rings is 1. The lowest BCUT2D eigenvalue weighted by Gasteiger charge is -2.30. The number of likely N-dealkylation sites (tertiary alicyclic amines) is 1. The van der Waals surface area contributed by atoms with Gasteiger partial charge in [0.25, 0.3) is 11.8 Å². The smallest absolute Gasteiger partial charge is 0.337 e. The Balaban J connectivity index is 1.39. The quantitative estimate of drug-likeness (QED) is 0.868. The summed E-state index contributed by atoms with van der Waals surface area (Å²) in [7, 11) is 0. The summed E-state index contributed by atoms with van der Waals surface area (Å²) in [6.45, 7) is 1.01. The largest absolute Gasteiger partial charge is 0.340 e. The molecule has 0 radical (unpaired) electrons. The number of hydrogen-bond donors (Lipinski definition) is 2. The third kappa shape index (κ3) is 2.61. The SMILES string of the molecule is O=C(c1ccn(C2CC2(F)F)n1)N1CCC(c2n[nH]c(=O)[nH]2)CC1. The Morgan fingerprint density at radius 2 is 2.04 bits per heavy atom. The first-order valence-corrected chi connectivity index (χ1v) is 7.81. The van der Waals surface area contributed by atoms with Crippen LogP contribution >= 0.6 is 0 Å². The summed E-state index contributed by atoms with van der Waals surface area (Å²) in [4.78, 5) is 27.8. The summed E-state index contributed by atoms with van der Waals surface area (Å²) in [5, 5.41) is 10.3. The van der Waals surface area contributed by atoms with Crippen molar-refractivity contribution in [2.45, 2.75) is 37.1 Å². The molecule has 0 aromatic carbocycles. The van der Waals surface area contributed by atoms with Crippen molar-refractivity contribution in [1.82, 2.24) is 29.9 Å². The van der Waals surface area contributed by atoms with E-state index in [0.29, 0.717) is 31.8 Å². The average molecular weight is 338 g/mol. The summed E-state index contributed by atoms with van der Waals surface area (Å²) in [6.07, 6.45) is 2.55. The van der Waals surface area contributed by atoms with Crippen molar-refractivity contribution < 1.29 is 13.6 Å². The molecule has 2 aliphatic rings. The van der Waals surface area contributed by atoms with Gasteiger partial charge in [-0.2, -0.15) is 10.2 Å². The molecule has 128 valence electrons. The van der Waals surface area contributed by atoms with Crippen LogP contribution in [-0.4, -0.2) is 54.8 Å². The Kier molecular flexibility index (Phi) is 3.29. The molecule has 10 heteroatoms. The first-order valence-electron chi connectivity index (χ1n) is 7.81. The van der Waals surface area contributed by atoms with Crippen LogP contribution in [0.3, 0.4) is 0 Å². The van der Waals surface area contributed by atoms with Crippen LogP contribution in [0.1, 0.15) is 47.5 Å². The summed E-state index contributed by atoms with van der Waals surface area (Å²) >= 11 is 0. The minimum Gasteiger partial charge on any atom is -0.337 e. The van der Waals surface area contributed by atoms with Crippen LogP contribution in [0.15, 0.2) is 17.1 Å². The zero-order valence-electron chi connectivity index (χ0n) is 12.7. The molecular weight excluding hydrogens is 322 g/mol. The van der Waals surface area contributed by atoms with Gasteiger partial charge in [-0.15, -0.1) is 0 Å². The van der Waals surface area contributed by atoms with E-state index in [1.807, 2.05) is 0 Å². The Morgan fingerprint density at radius 1 is 1.33 bits per heavy atom. The van der Waals surface area contributed by atoms with Crippen LogP contribution in [0.5, 0.6) is 0 Å². The Labute approximate surface area is 134 Å². The molecular formula is C14H16F2N6O2. The van der Waals surface area contributed by atoms with Crippen LogP contribution < -0.4 is 5.69 Å². The molecule has 1 amide bonds. The minimum absolute atomic E-state index is 0.0933. The van der Waals surface area contributed by atoms with Crippen LogP contribution in [0.25, 0.3) is 0 Å². The molecule has 2 fully saturated rings. The van der Waals surface area contributed by atoms with E-state index >= 15 is 0 Å². The van der Waals surface area contributed by atoms with Gasteiger partial charge in [0.05, 0.1) is 0 Å². The van der Waals surface area contributed by atoms with Gasteiger partial charge in [-0.05, 0) is 18.9 Å². The lowest BCUT2D eigenvalue weighted by Crippen LogP contribution is -2.38. The molecule has 1 saturated carbocycles. The summed E-state index contributed by atoms with van der Waals surface area (Å²) in [5.74, 6) is -2.28. The van der Waals surface area contributed by atoms with Gasteiger partial charge in [-0.25, -0.2) is 18.7 Å². The predicted octanol–water partition coefficient (Wildman–Crippen LogP) is 0.894. The maximum absolute atomic E-state index is 13.1. The van der Waals surface area contributed by atoms with Crippen LogP contribution in [-0.2, 0) is 0 Å². The maximum Gasteiger partial charge on any atom is 0.340 e. The first kappa shape index (κ1) is 15.0. The van der Waals surface area contributed by atoms with E-state index < -0.39 is 12.0 Å². The number of alkyl halides is 2. The fraction of sp³-hybridized carbons (Fsp3) is 0.571. The summed E-state index contributed by atoms with van der Waals surface area (Å²) in [5.41, 5.74) is -0.157. The fourth-order valence-corrected chi connectivity index (χ4v) is 3.11. The highest BCUT2D eigenvalue weighted by Crippen LogP contribution is 2.52.